The molecule has 3 spiro atoms. The van der Waals surface area contributed by atoms with Gasteiger partial charge in [-0.15, -0.1) is 0 Å². The number of allylic oxidation sites excluding steroid dienone is 1. The first-order chi connectivity index (χ1) is 15.4. The van der Waals surface area contributed by atoms with Crippen LogP contribution in [0.15, 0.2) is 11.6 Å². The summed E-state index contributed by atoms with van der Waals surface area (Å²) in [5, 5.41) is 0. The van der Waals surface area contributed by atoms with Gasteiger partial charge < -0.3 is 28.4 Å². The van der Waals surface area contributed by atoms with Gasteiger partial charge in [0.25, 0.3) is 0 Å². The van der Waals surface area contributed by atoms with Gasteiger partial charge >= 0.3 is 0 Å². The Morgan fingerprint density at radius 3 is 2.53 bits per heavy atom. The van der Waals surface area contributed by atoms with Gasteiger partial charge in [0, 0.05) is 30.6 Å². The molecule has 3 saturated carbocycles. The largest absolute Gasteiger partial charge is 0.350 e. The maximum absolute atomic E-state index is 14.0. The van der Waals surface area contributed by atoms with E-state index in [4.69, 9.17) is 28.4 Å². The topological polar surface area (TPSA) is 72.5 Å². The van der Waals surface area contributed by atoms with E-state index in [1.165, 1.54) is 5.57 Å². The molecule has 0 aromatic carbocycles. The zero-order chi connectivity index (χ0) is 21.8. The highest BCUT2D eigenvalue weighted by Crippen LogP contribution is 2.70. The average molecular weight is 447 g/mol. The van der Waals surface area contributed by atoms with E-state index in [9.17, 15) is 4.79 Å². The van der Waals surface area contributed by atoms with Crippen molar-refractivity contribution >= 4 is 5.78 Å². The Kier molecular flexibility index (Phi) is 4.13. The van der Waals surface area contributed by atoms with E-state index in [-0.39, 0.29) is 30.3 Å². The molecule has 0 amide bonds. The van der Waals surface area contributed by atoms with Crippen molar-refractivity contribution in [3.05, 3.63) is 11.6 Å². The summed E-state index contributed by atoms with van der Waals surface area (Å²) in [6.45, 7) is 6.74. The van der Waals surface area contributed by atoms with Crippen LogP contribution >= 0.6 is 0 Å². The third-order valence-corrected chi connectivity index (χ3v) is 10.6. The number of Topliss-reactive ketones (excluding diaryl/α,β-unsaturated/α-hetero) is 1. The van der Waals surface area contributed by atoms with E-state index in [0.717, 1.165) is 38.5 Å². The van der Waals surface area contributed by atoms with Gasteiger partial charge in [-0.2, -0.15) is 0 Å². The van der Waals surface area contributed by atoms with Crippen molar-refractivity contribution in [3.8, 4) is 0 Å². The molecule has 176 valence electrons. The van der Waals surface area contributed by atoms with Crippen molar-refractivity contribution in [1.29, 1.82) is 0 Å². The van der Waals surface area contributed by atoms with Gasteiger partial charge in [-0.25, -0.2) is 0 Å². The lowest BCUT2D eigenvalue weighted by atomic mass is 9.46. The Bertz CT molecular complexity index is 866. The fraction of sp³-hybridized carbons (Fsp3) is 0.880. The van der Waals surface area contributed by atoms with Crippen LogP contribution in [0.2, 0.25) is 0 Å². The Balaban J connectivity index is 1.26. The molecule has 7 atom stereocenters. The maximum Gasteiger partial charge on any atom is 0.226 e. The molecule has 0 radical (unpaired) electrons. The lowest BCUT2D eigenvalue weighted by molar-refractivity contribution is -0.246. The molecule has 0 aromatic heterocycles. The SMILES string of the molecule is CC12CCC3(CC1=CCC1C2C(=O)CC2(C)C1CCC21OCOC12COCO2)OCCO3. The highest BCUT2D eigenvalue weighted by molar-refractivity contribution is 5.85. The number of fused-ring (bicyclic) bond motifs is 7. The van der Waals surface area contributed by atoms with Crippen molar-refractivity contribution in [2.45, 2.75) is 76.0 Å². The van der Waals surface area contributed by atoms with Crippen molar-refractivity contribution in [1.82, 2.24) is 0 Å². The molecule has 32 heavy (non-hydrogen) atoms. The van der Waals surface area contributed by atoms with Crippen LogP contribution in [-0.4, -0.2) is 56.4 Å². The van der Waals surface area contributed by atoms with Crippen LogP contribution in [0.1, 0.15) is 58.8 Å². The first kappa shape index (κ1) is 20.5. The van der Waals surface area contributed by atoms with E-state index in [1.807, 2.05) is 0 Å². The first-order valence-corrected chi connectivity index (χ1v) is 12.4. The van der Waals surface area contributed by atoms with Crippen LogP contribution in [0.4, 0.5) is 0 Å². The minimum atomic E-state index is -0.877. The standard InChI is InChI=1S/C25H34O7/c1-21-7-8-23(28-9-10-29-23)11-16(21)3-4-17-18-5-6-24(22(18,2)12-19(26)20(17)21)25(32-15-30-24)13-27-14-31-25/h3,17-18,20H,4-15H2,1-2H3. The molecule has 0 aromatic rings. The van der Waals surface area contributed by atoms with E-state index < -0.39 is 17.2 Å². The molecule has 3 heterocycles. The molecule has 7 unspecified atom stereocenters. The fourth-order valence-corrected chi connectivity index (χ4v) is 9.15. The van der Waals surface area contributed by atoms with Gasteiger partial charge in [0.2, 0.25) is 5.79 Å². The maximum atomic E-state index is 14.0. The van der Waals surface area contributed by atoms with Crippen LogP contribution in [-0.2, 0) is 33.2 Å². The summed E-state index contributed by atoms with van der Waals surface area (Å²) in [6, 6.07) is 0. The Labute approximate surface area is 189 Å². The smallest absolute Gasteiger partial charge is 0.226 e. The third kappa shape index (κ3) is 2.26. The van der Waals surface area contributed by atoms with Crippen LogP contribution in [0.5, 0.6) is 0 Å². The highest BCUT2D eigenvalue weighted by Gasteiger charge is 2.77. The molecule has 7 rings (SSSR count). The zero-order valence-corrected chi connectivity index (χ0v) is 19.2. The minimum absolute atomic E-state index is 0.0634. The summed E-state index contributed by atoms with van der Waals surface area (Å²) in [5.41, 5.74) is 0.343. The lowest BCUT2D eigenvalue weighted by Gasteiger charge is -2.59. The van der Waals surface area contributed by atoms with E-state index in [1.54, 1.807) is 0 Å². The van der Waals surface area contributed by atoms with Crippen LogP contribution in [0.25, 0.3) is 0 Å². The Morgan fingerprint density at radius 2 is 1.75 bits per heavy atom. The molecule has 0 N–H and O–H groups in total. The van der Waals surface area contributed by atoms with Crippen molar-refractivity contribution in [2.24, 2.45) is 28.6 Å². The molecule has 7 nitrogen and oxygen atoms in total. The Hall–Kier alpha value is -0.830. The number of carbonyl (C=O) groups excluding carboxylic acids is 1. The molecule has 7 heteroatoms. The van der Waals surface area contributed by atoms with Crippen molar-refractivity contribution < 1.29 is 33.2 Å². The summed E-state index contributed by atoms with van der Waals surface area (Å²) < 4.78 is 36.2. The second kappa shape index (κ2) is 6.43. The molecule has 4 aliphatic carbocycles. The molecule has 7 aliphatic rings. The Morgan fingerprint density at radius 1 is 0.938 bits per heavy atom. The van der Waals surface area contributed by atoms with E-state index >= 15 is 0 Å². The zero-order valence-electron chi connectivity index (χ0n) is 19.2. The van der Waals surface area contributed by atoms with Gasteiger partial charge in [0.1, 0.15) is 18.0 Å². The molecular weight excluding hydrogens is 412 g/mol. The normalized spacial score (nSPS) is 53.6. The van der Waals surface area contributed by atoms with Crippen LogP contribution < -0.4 is 0 Å². The minimum Gasteiger partial charge on any atom is -0.350 e. The van der Waals surface area contributed by atoms with Crippen molar-refractivity contribution in [2.75, 3.05) is 33.4 Å². The molecule has 0 bridgehead atoms. The summed E-state index contributed by atoms with van der Waals surface area (Å²) in [5.74, 6) is -0.152. The summed E-state index contributed by atoms with van der Waals surface area (Å²) in [7, 11) is 0. The van der Waals surface area contributed by atoms with Gasteiger partial charge in [0.15, 0.2) is 19.4 Å². The number of rotatable bonds is 0. The van der Waals surface area contributed by atoms with E-state index in [2.05, 4.69) is 19.9 Å². The average Bonchev–Trinajstić information content (AvgIpc) is 3.54. The molecule has 3 aliphatic heterocycles. The molecular formula is C25H34O7. The van der Waals surface area contributed by atoms with Crippen molar-refractivity contribution in [3.63, 3.8) is 0 Å². The first-order valence-electron chi connectivity index (χ1n) is 12.4. The predicted molar refractivity (Wildman–Crippen MR) is 111 cm³/mol. The monoisotopic (exact) mass is 446 g/mol. The predicted octanol–water partition coefficient (Wildman–Crippen LogP) is 3.32. The second-order valence-corrected chi connectivity index (χ2v) is 11.6. The highest BCUT2D eigenvalue weighted by atomic mass is 16.9. The second-order valence-electron chi connectivity index (χ2n) is 11.6. The molecule has 6 fully saturated rings. The number of ether oxygens (including phenoxy) is 6. The third-order valence-electron chi connectivity index (χ3n) is 10.6. The fourth-order valence-electron chi connectivity index (χ4n) is 9.15. The summed E-state index contributed by atoms with van der Waals surface area (Å²) in [6.07, 6.45) is 8.40. The van der Waals surface area contributed by atoms with E-state index in [0.29, 0.717) is 43.9 Å². The lowest BCUT2D eigenvalue weighted by Crippen LogP contribution is -2.65. The van der Waals surface area contributed by atoms with Crippen LogP contribution in [0, 0.1) is 28.6 Å². The van der Waals surface area contributed by atoms with Gasteiger partial charge in [-0.1, -0.05) is 25.5 Å². The quantitative estimate of drug-likeness (QED) is 0.529. The number of hydrogen-bond donors (Lipinski definition) is 0. The summed E-state index contributed by atoms with van der Waals surface area (Å²) >= 11 is 0. The number of hydrogen-bond acceptors (Lipinski definition) is 7. The number of carbonyl (C=O) groups is 1. The van der Waals surface area contributed by atoms with Gasteiger partial charge in [-0.3, -0.25) is 4.79 Å². The molecule has 3 saturated heterocycles. The number of ketones is 1. The summed E-state index contributed by atoms with van der Waals surface area (Å²) in [4.78, 5) is 14.0. The van der Waals surface area contributed by atoms with Gasteiger partial charge in [0.05, 0.1) is 13.2 Å². The van der Waals surface area contributed by atoms with Crippen LogP contribution in [0.3, 0.4) is 0 Å². The van der Waals surface area contributed by atoms with Gasteiger partial charge in [-0.05, 0) is 42.9 Å².